The highest BCUT2D eigenvalue weighted by Crippen LogP contribution is 2.41. The number of hydrogen-bond donors (Lipinski definition) is 0. The average Bonchev–Trinajstić information content (AvgIpc) is 2.81. The molecule has 1 aliphatic heterocycles. The standard InChI is InChI=1S/C14H21NOS2/c1-10-5-6-11(18-10)13-15(7-8-17-13)12(16)9-14(2,3)4/h5-6,13H,7-9H2,1-4H3. The van der Waals surface area contributed by atoms with Crippen LogP contribution in [0.2, 0.25) is 0 Å². The van der Waals surface area contributed by atoms with Gasteiger partial charge in [-0.05, 0) is 24.5 Å². The molecule has 1 aromatic heterocycles. The number of amides is 1. The zero-order valence-corrected chi connectivity index (χ0v) is 13.2. The summed E-state index contributed by atoms with van der Waals surface area (Å²) in [6.45, 7) is 9.38. The van der Waals surface area contributed by atoms with E-state index in [2.05, 4.69) is 44.7 Å². The number of nitrogens with zero attached hydrogens (tertiary/aromatic N) is 1. The molecule has 1 fully saturated rings. The van der Waals surface area contributed by atoms with Crippen LogP contribution in [-0.2, 0) is 4.79 Å². The number of carbonyl (C=O) groups is 1. The zero-order valence-electron chi connectivity index (χ0n) is 11.5. The monoisotopic (exact) mass is 283 g/mol. The summed E-state index contributed by atoms with van der Waals surface area (Å²) in [7, 11) is 0. The van der Waals surface area contributed by atoms with Crippen LogP contribution in [0.1, 0.15) is 42.3 Å². The van der Waals surface area contributed by atoms with Crippen LogP contribution in [0.4, 0.5) is 0 Å². The lowest BCUT2D eigenvalue weighted by molar-refractivity contribution is -0.133. The predicted molar refractivity (Wildman–Crippen MR) is 80.0 cm³/mol. The van der Waals surface area contributed by atoms with Gasteiger partial charge in [0.1, 0.15) is 5.37 Å². The molecule has 100 valence electrons. The largest absolute Gasteiger partial charge is 0.325 e. The minimum Gasteiger partial charge on any atom is -0.325 e. The highest BCUT2D eigenvalue weighted by atomic mass is 32.2. The first-order valence-electron chi connectivity index (χ1n) is 6.34. The van der Waals surface area contributed by atoms with Crippen LogP contribution in [0, 0.1) is 12.3 Å². The first kappa shape index (κ1) is 13.9. The van der Waals surface area contributed by atoms with Gasteiger partial charge >= 0.3 is 0 Å². The van der Waals surface area contributed by atoms with Crippen LogP contribution in [0.15, 0.2) is 12.1 Å². The molecule has 0 aromatic carbocycles. The van der Waals surface area contributed by atoms with Crippen LogP contribution in [-0.4, -0.2) is 23.1 Å². The Bertz CT molecular complexity index is 433. The second-order valence-electron chi connectivity index (χ2n) is 6.00. The Kier molecular flexibility index (Phi) is 4.07. The van der Waals surface area contributed by atoms with Gasteiger partial charge in [-0.3, -0.25) is 4.79 Å². The summed E-state index contributed by atoms with van der Waals surface area (Å²) in [4.78, 5) is 17.1. The number of aryl methyl sites for hydroxylation is 1. The molecule has 0 aliphatic carbocycles. The van der Waals surface area contributed by atoms with Crippen molar-refractivity contribution in [1.29, 1.82) is 0 Å². The second-order valence-corrected chi connectivity index (χ2v) is 8.50. The summed E-state index contributed by atoms with van der Waals surface area (Å²) in [5, 5.41) is 0.249. The van der Waals surface area contributed by atoms with Gasteiger partial charge in [0.05, 0.1) is 0 Å². The molecule has 0 N–H and O–H groups in total. The van der Waals surface area contributed by atoms with E-state index in [0.29, 0.717) is 12.3 Å². The minimum absolute atomic E-state index is 0.0697. The number of hydrogen-bond acceptors (Lipinski definition) is 3. The van der Waals surface area contributed by atoms with Crippen LogP contribution in [0.5, 0.6) is 0 Å². The van der Waals surface area contributed by atoms with Gasteiger partial charge in [0.25, 0.3) is 0 Å². The molecule has 1 aromatic rings. The molecule has 0 saturated carbocycles. The zero-order chi connectivity index (χ0) is 13.3. The fourth-order valence-corrected chi connectivity index (χ4v) is 4.49. The normalized spacial score (nSPS) is 20.4. The highest BCUT2D eigenvalue weighted by Gasteiger charge is 2.32. The minimum atomic E-state index is 0.0697. The summed E-state index contributed by atoms with van der Waals surface area (Å²) in [6.07, 6.45) is 0.633. The van der Waals surface area contributed by atoms with Crippen molar-refractivity contribution >= 4 is 29.0 Å². The smallest absolute Gasteiger partial charge is 0.224 e. The van der Waals surface area contributed by atoms with Gasteiger partial charge < -0.3 is 4.90 Å². The third-order valence-electron chi connectivity index (χ3n) is 2.90. The van der Waals surface area contributed by atoms with Crippen molar-refractivity contribution in [2.75, 3.05) is 12.3 Å². The molecule has 1 amide bonds. The molecule has 0 bridgehead atoms. The summed E-state index contributed by atoms with van der Waals surface area (Å²) < 4.78 is 0. The van der Waals surface area contributed by atoms with E-state index in [1.54, 1.807) is 0 Å². The number of carbonyl (C=O) groups excluding carboxylic acids is 1. The number of thioether (sulfide) groups is 1. The molecule has 2 rings (SSSR count). The summed E-state index contributed by atoms with van der Waals surface area (Å²) >= 11 is 3.70. The van der Waals surface area contributed by atoms with Crippen molar-refractivity contribution in [3.8, 4) is 0 Å². The molecule has 1 atom stereocenters. The van der Waals surface area contributed by atoms with Crippen molar-refractivity contribution < 1.29 is 4.79 Å². The third-order valence-corrected chi connectivity index (χ3v) is 5.34. The van der Waals surface area contributed by atoms with E-state index in [4.69, 9.17) is 0 Å². The molecule has 1 saturated heterocycles. The average molecular weight is 283 g/mol. The first-order valence-corrected chi connectivity index (χ1v) is 8.21. The van der Waals surface area contributed by atoms with Crippen molar-refractivity contribution in [1.82, 2.24) is 4.90 Å². The lowest BCUT2D eigenvalue weighted by atomic mass is 9.91. The molecule has 4 heteroatoms. The Hall–Kier alpha value is -0.480. The maximum absolute atomic E-state index is 12.4. The summed E-state index contributed by atoms with van der Waals surface area (Å²) in [5.41, 5.74) is 0.0697. The molecular formula is C14H21NOS2. The summed E-state index contributed by atoms with van der Waals surface area (Å²) in [6, 6.07) is 4.31. The van der Waals surface area contributed by atoms with Crippen molar-refractivity contribution in [3.63, 3.8) is 0 Å². The predicted octanol–water partition coefficient (Wildman–Crippen LogP) is 4.07. The van der Waals surface area contributed by atoms with Crippen molar-refractivity contribution in [3.05, 3.63) is 21.9 Å². The quantitative estimate of drug-likeness (QED) is 0.815. The van der Waals surface area contributed by atoms with Crippen molar-refractivity contribution in [2.24, 2.45) is 5.41 Å². The highest BCUT2D eigenvalue weighted by molar-refractivity contribution is 7.99. The molecule has 2 heterocycles. The van der Waals surface area contributed by atoms with E-state index in [9.17, 15) is 4.79 Å². The molecule has 1 aliphatic rings. The van der Waals surface area contributed by atoms with Crippen LogP contribution >= 0.6 is 23.1 Å². The van der Waals surface area contributed by atoms with E-state index < -0.39 is 0 Å². The lowest BCUT2D eigenvalue weighted by Gasteiger charge is -2.26. The number of rotatable bonds is 2. The van der Waals surface area contributed by atoms with E-state index in [-0.39, 0.29) is 10.8 Å². The molecule has 2 nitrogen and oxygen atoms in total. The van der Waals surface area contributed by atoms with Gasteiger partial charge in [0, 0.05) is 28.5 Å². The van der Waals surface area contributed by atoms with E-state index in [1.807, 2.05) is 23.1 Å². The second kappa shape index (κ2) is 5.25. The van der Waals surface area contributed by atoms with Gasteiger partial charge in [-0.25, -0.2) is 0 Å². The van der Waals surface area contributed by atoms with Gasteiger partial charge in [-0.15, -0.1) is 23.1 Å². The molecule has 0 radical (unpaired) electrons. The summed E-state index contributed by atoms with van der Waals surface area (Å²) in [5.74, 6) is 1.35. The van der Waals surface area contributed by atoms with Crippen LogP contribution < -0.4 is 0 Å². The Morgan fingerprint density at radius 2 is 2.17 bits per heavy atom. The van der Waals surface area contributed by atoms with E-state index in [0.717, 1.165) is 12.3 Å². The third kappa shape index (κ3) is 3.29. The Balaban J connectivity index is 2.10. The fourth-order valence-electron chi connectivity index (χ4n) is 2.10. The molecule has 18 heavy (non-hydrogen) atoms. The van der Waals surface area contributed by atoms with Gasteiger partial charge in [-0.2, -0.15) is 0 Å². The number of thiophene rings is 1. The van der Waals surface area contributed by atoms with Crippen LogP contribution in [0.25, 0.3) is 0 Å². The fraction of sp³-hybridized carbons (Fsp3) is 0.643. The van der Waals surface area contributed by atoms with Crippen molar-refractivity contribution in [2.45, 2.75) is 39.5 Å². The van der Waals surface area contributed by atoms with Crippen LogP contribution in [0.3, 0.4) is 0 Å². The molecule has 1 unspecified atom stereocenters. The SMILES string of the molecule is Cc1ccc(C2SCCN2C(=O)CC(C)(C)C)s1. The topological polar surface area (TPSA) is 20.3 Å². The first-order chi connectivity index (χ1) is 8.37. The molecular weight excluding hydrogens is 262 g/mol. The van der Waals surface area contributed by atoms with Gasteiger partial charge in [0.2, 0.25) is 5.91 Å². The maximum atomic E-state index is 12.4. The molecule has 0 spiro atoms. The maximum Gasteiger partial charge on any atom is 0.224 e. The van der Waals surface area contributed by atoms with Gasteiger partial charge in [0.15, 0.2) is 0 Å². The van der Waals surface area contributed by atoms with E-state index >= 15 is 0 Å². The Morgan fingerprint density at radius 1 is 1.44 bits per heavy atom. The van der Waals surface area contributed by atoms with Gasteiger partial charge in [-0.1, -0.05) is 20.8 Å². The van der Waals surface area contributed by atoms with E-state index in [1.165, 1.54) is 9.75 Å². The lowest BCUT2D eigenvalue weighted by Crippen LogP contribution is -2.32. The Morgan fingerprint density at radius 3 is 2.72 bits per heavy atom. The Labute approximate surface area is 118 Å².